The molecule has 0 atom stereocenters. The van der Waals surface area contributed by atoms with Crippen molar-refractivity contribution in [2.24, 2.45) is 0 Å². The zero-order chi connectivity index (χ0) is 20.3. The minimum atomic E-state index is -4.34. The molecule has 2 heterocycles. The molecule has 0 saturated heterocycles. The van der Waals surface area contributed by atoms with Crippen molar-refractivity contribution >= 4 is 16.9 Å². The van der Waals surface area contributed by atoms with Crippen LogP contribution in [0, 0.1) is 0 Å². The quantitative estimate of drug-likeness (QED) is 0.697. The van der Waals surface area contributed by atoms with Crippen LogP contribution in [0.5, 0.6) is 0 Å². The molecule has 0 unspecified atom stereocenters. The van der Waals surface area contributed by atoms with E-state index in [9.17, 15) is 22.8 Å². The minimum Gasteiger partial charge on any atom is -0.273 e. The fraction of sp³-hybridized carbons (Fsp3) is 0.333. The number of alkyl halides is 3. The van der Waals surface area contributed by atoms with E-state index in [2.05, 4.69) is 15.5 Å². The molecule has 3 rings (SSSR count). The number of nitrogens with zero attached hydrogens (tertiary/aromatic N) is 4. The molecule has 0 spiro atoms. The first-order valence-corrected chi connectivity index (χ1v) is 8.66. The predicted octanol–water partition coefficient (Wildman–Crippen LogP) is 2.42. The number of halogens is 3. The molecule has 2 aromatic heterocycles. The Hall–Kier alpha value is -3.17. The van der Waals surface area contributed by atoms with Gasteiger partial charge in [0.05, 0.1) is 25.6 Å². The van der Waals surface area contributed by atoms with E-state index in [-0.39, 0.29) is 23.3 Å². The van der Waals surface area contributed by atoms with Crippen molar-refractivity contribution in [2.45, 2.75) is 38.9 Å². The van der Waals surface area contributed by atoms with Gasteiger partial charge in [-0.1, -0.05) is 37.3 Å². The van der Waals surface area contributed by atoms with E-state index in [1.165, 1.54) is 6.20 Å². The molecule has 0 fully saturated rings. The highest BCUT2D eigenvalue weighted by Crippen LogP contribution is 2.21. The molecule has 0 aliphatic carbocycles. The molecule has 1 aromatic carbocycles. The summed E-state index contributed by atoms with van der Waals surface area (Å²) in [5.74, 6) is -0.179. The third-order valence-electron chi connectivity index (χ3n) is 4.11. The first-order chi connectivity index (χ1) is 13.3. The maximum Gasteiger partial charge on any atom is 0.390 e. The summed E-state index contributed by atoms with van der Waals surface area (Å²) in [5, 5.41) is 3.89. The minimum absolute atomic E-state index is 0.0411. The Morgan fingerprint density at radius 2 is 1.93 bits per heavy atom. The largest absolute Gasteiger partial charge is 0.390 e. The summed E-state index contributed by atoms with van der Waals surface area (Å²) in [6.07, 6.45) is -3.89. The highest BCUT2D eigenvalue weighted by atomic mass is 19.4. The van der Waals surface area contributed by atoms with Crippen LogP contribution in [0.1, 0.15) is 24.7 Å². The molecule has 0 aliphatic rings. The Kier molecular flexibility index (Phi) is 5.48. The van der Waals surface area contributed by atoms with Gasteiger partial charge in [-0.3, -0.25) is 15.0 Å². The van der Waals surface area contributed by atoms with Gasteiger partial charge in [0.15, 0.2) is 5.65 Å². The summed E-state index contributed by atoms with van der Waals surface area (Å²) < 4.78 is 39.5. The van der Waals surface area contributed by atoms with Crippen LogP contribution in [0.15, 0.2) is 41.3 Å². The summed E-state index contributed by atoms with van der Waals surface area (Å²) in [4.78, 5) is 29.3. The van der Waals surface area contributed by atoms with Gasteiger partial charge in [-0.2, -0.15) is 18.3 Å². The number of hydrogen-bond acceptors (Lipinski definition) is 4. The van der Waals surface area contributed by atoms with Gasteiger partial charge in [0.2, 0.25) is 5.91 Å². The second kappa shape index (κ2) is 7.83. The third kappa shape index (κ3) is 4.38. The van der Waals surface area contributed by atoms with E-state index in [4.69, 9.17) is 0 Å². The Labute approximate surface area is 157 Å². The third-order valence-corrected chi connectivity index (χ3v) is 4.11. The Morgan fingerprint density at radius 1 is 1.21 bits per heavy atom. The molecule has 0 saturated carbocycles. The van der Waals surface area contributed by atoms with E-state index >= 15 is 0 Å². The lowest BCUT2D eigenvalue weighted by Gasteiger charge is -2.13. The van der Waals surface area contributed by atoms with Gasteiger partial charge in [0.25, 0.3) is 5.56 Å². The second-order valence-electron chi connectivity index (χ2n) is 6.19. The van der Waals surface area contributed by atoms with Crippen LogP contribution in [-0.2, 0) is 24.2 Å². The van der Waals surface area contributed by atoms with Crippen LogP contribution in [0.25, 0.3) is 11.0 Å². The lowest BCUT2D eigenvalue weighted by Crippen LogP contribution is -2.37. The maximum atomic E-state index is 12.7. The Balaban J connectivity index is 1.89. The van der Waals surface area contributed by atoms with E-state index in [1.807, 2.05) is 6.07 Å². The number of carbonyl (C=O) groups is 1. The molecular formula is C18H18F3N5O2. The van der Waals surface area contributed by atoms with Crippen molar-refractivity contribution in [3.63, 3.8) is 0 Å². The van der Waals surface area contributed by atoms with Crippen molar-refractivity contribution in [1.82, 2.24) is 19.4 Å². The van der Waals surface area contributed by atoms with Gasteiger partial charge in [0.1, 0.15) is 11.2 Å². The molecule has 148 valence electrons. The lowest BCUT2D eigenvalue weighted by atomic mass is 10.1. The summed E-state index contributed by atoms with van der Waals surface area (Å²) in [7, 11) is 0. The predicted molar refractivity (Wildman–Crippen MR) is 96.4 cm³/mol. The van der Waals surface area contributed by atoms with Crippen LogP contribution in [0.2, 0.25) is 0 Å². The van der Waals surface area contributed by atoms with E-state index in [0.29, 0.717) is 6.42 Å². The van der Waals surface area contributed by atoms with Crippen molar-refractivity contribution < 1.29 is 18.0 Å². The van der Waals surface area contributed by atoms with Crippen molar-refractivity contribution in [3.05, 3.63) is 58.3 Å². The lowest BCUT2D eigenvalue weighted by molar-refractivity contribution is -0.137. The van der Waals surface area contributed by atoms with E-state index < -0.39 is 30.6 Å². The normalized spacial score (nSPS) is 11.7. The smallest absolute Gasteiger partial charge is 0.273 e. The van der Waals surface area contributed by atoms with Gasteiger partial charge < -0.3 is 0 Å². The van der Waals surface area contributed by atoms with Gasteiger partial charge >= 0.3 is 6.18 Å². The summed E-state index contributed by atoms with van der Waals surface area (Å²) >= 11 is 0. The first-order valence-electron chi connectivity index (χ1n) is 8.66. The zero-order valence-electron chi connectivity index (χ0n) is 15.0. The summed E-state index contributed by atoms with van der Waals surface area (Å²) in [6, 6.07) is 9.00. The number of fused-ring (bicyclic) bond motifs is 1. The Bertz CT molecular complexity index is 1040. The first kappa shape index (κ1) is 19.6. The molecule has 7 nitrogen and oxygen atoms in total. The molecule has 28 heavy (non-hydrogen) atoms. The molecule has 0 radical (unpaired) electrons. The SMILES string of the molecule is CCc1nc2c(cnn2CCC(F)(F)F)c(=O)n1NC(=O)Cc1ccccc1. The number of aromatic nitrogens is 4. The van der Waals surface area contributed by atoms with E-state index in [0.717, 1.165) is 14.9 Å². The van der Waals surface area contributed by atoms with Gasteiger partial charge in [-0.25, -0.2) is 14.3 Å². The van der Waals surface area contributed by atoms with Gasteiger partial charge in [0, 0.05) is 6.42 Å². The molecule has 3 aromatic rings. The highest BCUT2D eigenvalue weighted by Gasteiger charge is 2.27. The fourth-order valence-electron chi connectivity index (χ4n) is 2.75. The van der Waals surface area contributed by atoms with Crippen molar-refractivity contribution in [2.75, 3.05) is 5.43 Å². The summed E-state index contributed by atoms with van der Waals surface area (Å²) in [6.45, 7) is 1.29. The molecule has 0 bridgehead atoms. The average Bonchev–Trinajstić information content (AvgIpc) is 3.05. The van der Waals surface area contributed by atoms with Gasteiger partial charge in [-0.05, 0) is 5.56 Å². The number of carbonyl (C=O) groups excluding carboxylic acids is 1. The molecule has 10 heteroatoms. The topological polar surface area (TPSA) is 81.8 Å². The van der Waals surface area contributed by atoms with Crippen molar-refractivity contribution in [3.8, 4) is 0 Å². The highest BCUT2D eigenvalue weighted by molar-refractivity contribution is 5.86. The molecular weight excluding hydrogens is 375 g/mol. The van der Waals surface area contributed by atoms with Gasteiger partial charge in [-0.15, -0.1) is 0 Å². The molecule has 1 N–H and O–H groups in total. The molecule has 1 amide bonds. The number of nitrogens with one attached hydrogen (secondary N) is 1. The summed E-state index contributed by atoms with van der Waals surface area (Å²) in [5.41, 5.74) is 2.79. The number of hydrogen-bond donors (Lipinski definition) is 1. The number of benzene rings is 1. The van der Waals surface area contributed by atoms with Crippen LogP contribution < -0.4 is 11.0 Å². The number of rotatable bonds is 6. The van der Waals surface area contributed by atoms with Crippen LogP contribution in [-0.4, -0.2) is 31.5 Å². The maximum absolute atomic E-state index is 12.7. The van der Waals surface area contributed by atoms with E-state index in [1.54, 1.807) is 31.2 Å². The van der Waals surface area contributed by atoms with Crippen LogP contribution in [0.4, 0.5) is 13.2 Å². The standard InChI is InChI=1S/C18H18F3N5O2/c1-2-14-23-16-13(11-22-25(16)9-8-18(19,20)21)17(28)26(14)24-15(27)10-12-6-4-3-5-7-12/h3-7,11H,2,8-10H2,1H3,(H,24,27). The number of amides is 1. The number of aryl methyl sites for hydroxylation is 2. The average molecular weight is 393 g/mol. The zero-order valence-corrected chi connectivity index (χ0v) is 15.0. The molecule has 0 aliphatic heterocycles. The fourth-order valence-corrected chi connectivity index (χ4v) is 2.75. The second-order valence-corrected chi connectivity index (χ2v) is 6.19. The Morgan fingerprint density at radius 3 is 2.57 bits per heavy atom. The van der Waals surface area contributed by atoms with Crippen LogP contribution >= 0.6 is 0 Å². The monoisotopic (exact) mass is 393 g/mol. The van der Waals surface area contributed by atoms with Crippen molar-refractivity contribution in [1.29, 1.82) is 0 Å². The van der Waals surface area contributed by atoms with Crippen LogP contribution in [0.3, 0.4) is 0 Å².